The van der Waals surface area contributed by atoms with Crippen LogP contribution in [0.15, 0.2) is 48.5 Å². The van der Waals surface area contributed by atoms with Crippen molar-refractivity contribution in [2.75, 3.05) is 13.2 Å². The summed E-state index contributed by atoms with van der Waals surface area (Å²) in [7, 11) is 0. The number of esters is 1. The highest BCUT2D eigenvalue weighted by atomic mass is 16.6. The third kappa shape index (κ3) is 5.26. The van der Waals surface area contributed by atoms with Gasteiger partial charge in [-0.15, -0.1) is 0 Å². The molecule has 0 radical (unpaired) electrons. The van der Waals surface area contributed by atoms with E-state index in [0.29, 0.717) is 0 Å². The van der Waals surface area contributed by atoms with Gasteiger partial charge >= 0.3 is 18.0 Å². The summed E-state index contributed by atoms with van der Waals surface area (Å²) in [6, 6.07) is 14.2. The van der Waals surface area contributed by atoms with Crippen molar-refractivity contribution in [1.29, 1.82) is 0 Å². The van der Waals surface area contributed by atoms with Crippen LogP contribution in [0, 0.1) is 5.92 Å². The van der Waals surface area contributed by atoms with Crippen LogP contribution in [0.2, 0.25) is 0 Å². The Morgan fingerprint density at radius 2 is 1.56 bits per heavy atom. The summed E-state index contributed by atoms with van der Waals surface area (Å²) in [5, 5.41) is 11.7. The van der Waals surface area contributed by atoms with Crippen molar-refractivity contribution in [3.63, 3.8) is 0 Å². The second-order valence-corrected chi connectivity index (χ2v) is 8.71. The van der Waals surface area contributed by atoms with Crippen LogP contribution in [-0.4, -0.2) is 47.9 Å². The maximum absolute atomic E-state index is 12.8. The number of fused-ring (bicyclic) bond motifs is 3. The number of aliphatic carboxylic acids is 1. The molecule has 0 aromatic heterocycles. The molecule has 0 saturated carbocycles. The van der Waals surface area contributed by atoms with Crippen molar-refractivity contribution >= 4 is 18.0 Å². The predicted octanol–water partition coefficient (Wildman–Crippen LogP) is 2.89. The number of rotatable bonds is 7. The molecule has 8 heteroatoms. The number of hydrogen-bond donors (Lipinski definition) is 3. The van der Waals surface area contributed by atoms with Crippen LogP contribution in [0.3, 0.4) is 0 Å². The number of nitrogens with two attached hydrogens (primary N) is 1. The van der Waals surface area contributed by atoms with Crippen LogP contribution >= 0.6 is 0 Å². The van der Waals surface area contributed by atoms with E-state index in [0.717, 1.165) is 22.3 Å². The van der Waals surface area contributed by atoms with E-state index in [1.165, 1.54) is 0 Å². The van der Waals surface area contributed by atoms with Gasteiger partial charge in [0.2, 0.25) is 0 Å². The number of carbonyl (C=O) groups excluding carboxylic acids is 2. The Balaban J connectivity index is 1.71. The SMILES string of the molecule is CC(C)(C)OC(=O)NCC(C(=O)OCC1c2ccccc2-c2ccccc21)C(N)C(=O)O. The van der Waals surface area contributed by atoms with E-state index >= 15 is 0 Å². The van der Waals surface area contributed by atoms with Gasteiger partial charge in [-0.2, -0.15) is 0 Å². The van der Waals surface area contributed by atoms with Crippen LogP contribution in [0.1, 0.15) is 37.8 Å². The standard InChI is InChI=1S/C24H28N2O6/c1-24(2,3)32-23(30)26-12-18(20(25)21(27)28)22(29)31-13-19-16-10-6-4-8-14(16)15-9-5-7-11-17(15)19/h4-11,18-20H,12-13,25H2,1-3H3,(H,26,30)(H,27,28). The van der Waals surface area contributed by atoms with Crippen molar-refractivity contribution < 1.29 is 29.0 Å². The summed E-state index contributed by atoms with van der Waals surface area (Å²) in [6.45, 7) is 4.79. The predicted molar refractivity (Wildman–Crippen MR) is 118 cm³/mol. The topological polar surface area (TPSA) is 128 Å². The third-order valence-electron chi connectivity index (χ3n) is 5.24. The average Bonchev–Trinajstić information content (AvgIpc) is 3.04. The van der Waals surface area contributed by atoms with Crippen molar-refractivity contribution in [2.45, 2.75) is 38.3 Å². The van der Waals surface area contributed by atoms with Crippen molar-refractivity contribution in [2.24, 2.45) is 11.7 Å². The fraction of sp³-hybridized carbons (Fsp3) is 0.375. The van der Waals surface area contributed by atoms with Crippen molar-refractivity contribution in [3.05, 3.63) is 59.7 Å². The van der Waals surface area contributed by atoms with Gasteiger partial charge in [-0.25, -0.2) is 4.79 Å². The van der Waals surface area contributed by atoms with E-state index in [2.05, 4.69) is 5.32 Å². The Morgan fingerprint density at radius 3 is 2.06 bits per heavy atom. The lowest BCUT2D eigenvalue weighted by Crippen LogP contribution is -2.49. The van der Waals surface area contributed by atoms with E-state index in [4.69, 9.17) is 15.2 Å². The Kier molecular flexibility index (Phi) is 6.84. The van der Waals surface area contributed by atoms with Crippen LogP contribution in [0.5, 0.6) is 0 Å². The van der Waals surface area contributed by atoms with Crippen LogP contribution in [-0.2, 0) is 19.1 Å². The molecule has 1 aliphatic rings. The van der Waals surface area contributed by atoms with Gasteiger partial charge in [-0.05, 0) is 43.0 Å². The molecule has 2 aromatic carbocycles. The van der Waals surface area contributed by atoms with E-state index in [1.54, 1.807) is 20.8 Å². The Hall–Kier alpha value is -3.39. The number of amides is 1. The fourth-order valence-electron chi connectivity index (χ4n) is 3.75. The summed E-state index contributed by atoms with van der Waals surface area (Å²) in [4.78, 5) is 36.2. The first-order chi connectivity index (χ1) is 15.1. The summed E-state index contributed by atoms with van der Waals surface area (Å²) in [5.74, 6) is -3.61. The molecule has 0 heterocycles. The third-order valence-corrected chi connectivity index (χ3v) is 5.24. The zero-order valence-electron chi connectivity index (χ0n) is 18.3. The number of nitrogens with one attached hydrogen (secondary N) is 1. The maximum Gasteiger partial charge on any atom is 0.407 e. The lowest BCUT2D eigenvalue weighted by Gasteiger charge is -2.23. The largest absolute Gasteiger partial charge is 0.480 e. The first-order valence-electron chi connectivity index (χ1n) is 10.4. The van der Waals surface area contributed by atoms with Crippen LogP contribution in [0.25, 0.3) is 11.1 Å². The van der Waals surface area contributed by atoms with Crippen LogP contribution in [0.4, 0.5) is 4.79 Å². The zero-order valence-corrected chi connectivity index (χ0v) is 18.3. The molecular formula is C24H28N2O6. The van der Waals surface area contributed by atoms with E-state index < -0.39 is 35.6 Å². The maximum atomic E-state index is 12.8. The summed E-state index contributed by atoms with van der Waals surface area (Å²) in [5.41, 5.74) is 9.21. The molecular weight excluding hydrogens is 412 g/mol. The number of carboxylic acid groups (broad SMARTS) is 1. The van der Waals surface area contributed by atoms with Gasteiger partial charge in [0.25, 0.3) is 0 Å². The summed E-state index contributed by atoms with van der Waals surface area (Å²) in [6.07, 6.45) is -0.772. The molecule has 0 aliphatic heterocycles. The molecule has 4 N–H and O–H groups in total. The summed E-state index contributed by atoms with van der Waals surface area (Å²) >= 11 is 0. The molecule has 0 spiro atoms. The first kappa shape index (κ1) is 23.3. The lowest BCUT2D eigenvalue weighted by atomic mass is 9.97. The van der Waals surface area contributed by atoms with E-state index in [1.807, 2.05) is 48.5 Å². The Labute approximate surface area is 186 Å². The van der Waals surface area contributed by atoms with Crippen molar-refractivity contribution in [1.82, 2.24) is 5.32 Å². The van der Waals surface area contributed by atoms with Gasteiger partial charge in [-0.3, -0.25) is 9.59 Å². The van der Waals surface area contributed by atoms with Crippen molar-refractivity contribution in [3.8, 4) is 11.1 Å². The number of ether oxygens (including phenoxy) is 2. The first-order valence-corrected chi connectivity index (χ1v) is 10.4. The molecule has 2 atom stereocenters. The minimum Gasteiger partial charge on any atom is -0.480 e. The molecule has 3 rings (SSSR count). The molecule has 170 valence electrons. The smallest absolute Gasteiger partial charge is 0.407 e. The number of carboxylic acids is 1. The highest BCUT2D eigenvalue weighted by Crippen LogP contribution is 2.44. The molecule has 1 amide bonds. The normalized spacial score (nSPS) is 14.6. The molecule has 2 unspecified atom stereocenters. The van der Waals surface area contributed by atoms with Gasteiger partial charge < -0.3 is 25.6 Å². The van der Waals surface area contributed by atoms with Gasteiger partial charge in [-0.1, -0.05) is 48.5 Å². The molecule has 2 aromatic rings. The molecule has 0 saturated heterocycles. The monoisotopic (exact) mass is 440 g/mol. The average molecular weight is 440 g/mol. The Morgan fingerprint density at radius 1 is 1.03 bits per heavy atom. The fourth-order valence-corrected chi connectivity index (χ4v) is 3.75. The summed E-state index contributed by atoms with van der Waals surface area (Å²) < 4.78 is 10.7. The number of hydrogen-bond acceptors (Lipinski definition) is 6. The van der Waals surface area contributed by atoms with Gasteiger partial charge in [0.05, 0.1) is 0 Å². The van der Waals surface area contributed by atoms with Gasteiger partial charge in [0.1, 0.15) is 24.2 Å². The van der Waals surface area contributed by atoms with E-state index in [-0.39, 0.29) is 19.1 Å². The quantitative estimate of drug-likeness (QED) is 0.565. The van der Waals surface area contributed by atoms with E-state index in [9.17, 15) is 19.5 Å². The lowest BCUT2D eigenvalue weighted by molar-refractivity contribution is -0.154. The minimum atomic E-state index is -1.54. The molecule has 8 nitrogen and oxygen atoms in total. The molecule has 32 heavy (non-hydrogen) atoms. The van der Waals surface area contributed by atoms with Crippen LogP contribution < -0.4 is 11.1 Å². The number of carbonyl (C=O) groups is 3. The second-order valence-electron chi connectivity index (χ2n) is 8.71. The minimum absolute atomic E-state index is 0.0299. The second kappa shape index (κ2) is 9.40. The number of alkyl carbamates (subject to hydrolysis) is 1. The highest BCUT2D eigenvalue weighted by molar-refractivity contribution is 5.84. The molecule has 1 aliphatic carbocycles. The zero-order chi connectivity index (χ0) is 23.5. The Bertz CT molecular complexity index is 968. The molecule has 0 bridgehead atoms. The van der Waals surface area contributed by atoms with Gasteiger partial charge in [0, 0.05) is 12.5 Å². The highest BCUT2D eigenvalue weighted by Gasteiger charge is 2.35. The van der Waals surface area contributed by atoms with Gasteiger partial charge in [0.15, 0.2) is 0 Å². The molecule has 0 fully saturated rings. The number of benzene rings is 2.